The highest BCUT2D eigenvalue weighted by atomic mass is 32.1. The smallest absolute Gasteiger partial charge is 0.130 e. The quantitative estimate of drug-likeness (QED) is 0.884. The van der Waals surface area contributed by atoms with Crippen LogP contribution in [0, 0.1) is 6.92 Å². The van der Waals surface area contributed by atoms with E-state index in [-0.39, 0.29) is 0 Å². The Hall–Kier alpha value is -1.62. The third kappa shape index (κ3) is 2.49. The summed E-state index contributed by atoms with van der Waals surface area (Å²) in [6, 6.07) is 6.13. The van der Waals surface area contributed by atoms with Gasteiger partial charge in [-0.3, -0.25) is 0 Å². The fraction of sp³-hybridized carbons (Fsp3) is 0.273. The van der Waals surface area contributed by atoms with Crippen molar-refractivity contribution in [2.45, 2.75) is 13.5 Å². The molecule has 1 aromatic heterocycles. The standard InChI is InChI=1S/C11H13N3OS/c1-8-3-4-10(15-2)9(5-8)6-12-11-7-13-14-16-11/h3-5,7,12H,6H2,1-2H3. The summed E-state index contributed by atoms with van der Waals surface area (Å²) in [5.41, 5.74) is 2.36. The van der Waals surface area contributed by atoms with E-state index in [1.165, 1.54) is 17.1 Å². The Morgan fingerprint density at radius 3 is 3.00 bits per heavy atom. The van der Waals surface area contributed by atoms with Crippen molar-refractivity contribution in [1.29, 1.82) is 0 Å². The van der Waals surface area contributed by atoms with E-state index in [9.17, 15) is 0 Å². The summed E-state index contributed by atoms with van der Waals surface area (Å²) < 4.78 is 9.09. The second-order valence-electron chi connectivity index (χ2n) is 3.45. The average molecular weight is 235 g/mol. The molecule has 0 saturated carbocycles. The zero-order valence-corrected chi connectivity index (χ0v) is 10.0. The molecule has 4 nitrogen and oxygen atoms in total. The molecule has 0 aliphatic rings. The highest BCUT2D eigenvalue weighted by Crippen LogP contribution is 2.21. The minimum atomic E-state index is 0.717. The lowest BCUT2D eigenvalue weighted by atomic mass is 10.1. The molecule has 0 atom stereocenters. The van der Waals surface area contributed by atoms with Gasteiger partial charge < -0.3 is 10.1 Å². The molecule has 0 radical (unpaired) electrons. The van der Waals surface area contributed by atoms with Gasteiger partial charge in [0.1, 0.15) is 10.8 Å². The molecule has 0 saturated heterocycles. The summed E-state index contributed by atoms with van der Waals surface area (Å²) in [5, 5.41) is 7.99. The molecule has 2 rings (SSSR count). The maximum Gasteiger partial charge on any atom is 0.130 e. The lowest BCUT2D eigenvalue weighted by Gasteiger charge is -2.09. The Morgan fingerprint density at radius 1 is 1.44 bits per heavy atom. The van der Waals surface area contributed by atoms with Gasteiger partial charge in [-0.15, -0.1) is 5.10 Å². The molecule has 0 aliphatic carbocycles. The van der Waals surface area contributed by atoms with Crippen molar-refractivity contribution >= 4 is 16.5 Å². The predicted octanol–water partition coefficient (Wildman–Crippen LogP) is 2.47. The SMILES string of the molecule is COc1ccc(C)cc1CNc1cnns1. The number of methoxy groups -OCH3 is 1. The first-order chi connectivity index (χ1) is 7.79. The van der Waals surface area contributed by atoms with E-state index in [1.807, 2.05) is 12.1 Å². The van der Waals surface area contributed by atoms with E-state index in [2.05, 4.69) is 27.9 Å². The van der Waals surface area contributed by atoms with E-state index < -0.39 is 0 Å². The Bertz CT molecular complexity index is 456. The summed E-state index contributed by atoms with van der Waals surface area (Å²) in [6.07, 6.45) is 1.72. The third-order valence-corrected chi connectivity index (χ3v) is 2.87. The van der Waals surface area contributed by atoms with Crippen molar-refractivity contribution in [1.82, 2.24) is 9.59 Å². The normalized spacial score (nSPS) is 10.1. The fourth-order valence-electron chi connectivity index (χ4n) is 1.47. The molecule has 84 valence electrons. The van der Waals surface area contributed by atoms with Crippen LogP contribution in [0.4, 0.5) is 5.00 Å². The van der Waals surface area contributed by atoms with Crippen LogP contribution >= 0.6 is 11.5 Å². The molecule has 2 aromatic rings. The van der Waals surface area contributed by atoms with E-state index in [1.54, 1.807) is 13.3 Å². The lowest BCUT2D eigenvalue weighted by Crippen LogP contribution is -2.00. The third-order valence-electron chi connectivity index (χ3n) is 2.25. The van der Waals surface area contributed by atoms with Crippen LogP contribution in [0.5, 0.6) is 5.75 Å². The van der Waals surface area contributed by atoms with Gasteiger partial charge in [-0.2, -0.15) is 0 Å². The summed E-state index contributed by atoms with van der Waals surface area (Å²) in [5.74, 6) is 0.899. The molecule has 1 aromatic carbocycles. The van der Waals surface area contributed by atoms with Crippen molar-refractivity contribution in [2.24, 2.45) is 0 Å². The molecule has 1 heterocycles. The van der Waals surface area contributed by atoms with E-state index >= 15 is 0 Å². The Kier molecular flexibility index (Phi) is 3.36. The fourth-order valence-corrected chi connectivity index (χ4v) is 1.89. The molecule has 0 unspecified atom stereocenters. The molecule has 0 fully saturated rings. The van der Waals surface area contributed by atoms with E-state index in [4.69, 9.17) is 4.74 Å². The number of hydrogen-bond donors (Lipinski definition) is 1. The van der Waals surface area contributed by atoms with Crippen LogP contribution in [0.25, 0.3) is 0 Å². The number of ether oxygens (including phenoxy) is 1. The van der Waals surface area contributed by atoms with Gasteiger partial charge in [0.2, 0.25) is 0 Å². The van der Waals surface area contributed by atoms with Gasteiger partial charge in [0.05, 0.1) is 13.3 Å². The van der Waals surface area contributed by atoms with Crippen LogP contribution in [0.3, 0.4) is 0 Å². The summed E-state index contributed by atoms with van der Waals surface area (Å²) in [4.78, 5) is 0. The van der Waals surface area contributed by atoms with E-state index in [0.29, 0.717) is 6.54 Å². The number of rotatable bonds is 4. The minimum Gasteiger partial charge on any atom is -0.496 e. The minimum absolute atomic E-state index is 0.717. The van der Waals surface area contributed by atoms with Crippen LogP contribution in [0.1, 0.15) is 11.1 Å². The zero-order chi connectivity index (χ0) is 11.4. The summed E-state index contributed by atoms with van der Waals surface area (Å²) in [7, 11) is 1.68. The highest BCUT2D eigenvalue weighted by molar-refractivity contribution is 7.09. The number of nitrogens with zero attached hydrogens (tertiary/aromatic N) is 2. The second kappa shape index (κ2) is 4.94. The van der Waals surface area contributed by atoms with Crippen LogP contribution in [-0.4, -0.2) is 16.7 Å². The average Bonchev–Trinajstić information content (AvgIpc) is 2.79. The first kappa shape index (κ1) is 10.9. The highest BCUT2D eigenvalue weighted by Gasteiger charge is 2.03. The Balaban J connectivity index is 2.11. The maximum atomic E-state index is 5.30. The topological polar surface area (TPSA) is 47.0 Å². The maximum absolute atomic E-state index is 5.30. The van der Waals surface area contributed by atoms with Gasteiger partial charge in [-0.1, -0.05) is 22.2 Å². The number of aromatic nitrogens is 2. The number of nitrogens with one attached hydrogen (secondary N) is 1. The predicted molar refractivity (Wildman–Crippen MR) is 65.0 cm³/mol. The first-order valence-corrected chi connectivity index (χ1v) is 5.71. The Labute approximate surface area is 98.4 Å². The second-order valence-corrected chi connectivity index (χ2v) is 4.24. The number of anilines is 1. The van der Waals surface area contributed by atoms with Gasteiger partial charge in [0, 0.05) is 23.6 Å². The molecular weight excluding hydrogens is 222 g/mol. The van der Waals surface area contributed by atoms with Crippen LogP contribution in [0.15, 0.2) is 24.4 Å². The van der Waals surface area contributed by atoms with Gasteiger partial charge in [0.25, 0.3) is 0 Å². The van der Waals surface area contributed by atoms with Crippen molar-refractivity contribution < 1.29 is 4.74 Å². The molecule has 0 amide bonds. The summed E-state index contributed by atoms with van der Waals surface area (Å²) in [6.45, 7) is 2.78. The van der Waals surface area contributed by atoms with Gasteiger partial charge >= 0.3 is 0 Å². The van der Waals surface area contributed by atoms with Crippen LogP contribution in [-0.2, 0) is 6.54 Å². The molecule has 1 N–H and O–H groups in total. The van der Waals surface area contributed by atoms with Crippen LogP contribution < -0.4 is 10.1 Å². The van der Waals surface area contributed by atoms with Crippen molar-refractivity contribution in [3.8, 4) is 5.75 Å². The van der Waals surface area contributed by atoms with Gasteiger partial charge in [-0.25, -0.2) is 0 Å². The van der Waals surface area contributed by atoms with Crippen molar-refractivity contribution in [2.75, 3.05) is 12.4 Å². The number of hydrogen-bond acceptors (Lipinski definition) is 5. The molecule has 0 aliphatic heterocycles. The van der Waals surface area contributed by atoms with Crippen LogP contribution in [0.2, 0.25) is 0 Å². The molecule has 5 heteroatoms. The van der Waals surface area contributed by atoms with Crippen molar-refractivity contribution in [3.05, 3.63) is 35.5 Å². The van der Waals surface area contributed by atoms with Gasteiger partial charge in [-0.05, 0) is 13.0 Å². The summed E-state index contributed by atoms with van der Waals surface area (Å²) >= 11 is 1.35. The van der Waals surface area contributed by atoms with Gasteiger partial charge in [0.15, 0.2) is 0 Å². The van der Waals surface area contributed by atoms with E-state index in [0.717, 1.165) is 16.3 Å². The monoisotopic (exact) mass is 235 g/mol. The number of benzene rings is 1. The molecule has 0 spiro atoms. The number of aryl methyl sites for hydroxylation is 1. The largest absolute Gasteiger partial charge is 0.496 e. The first-order valence-electron chi connectivity index (χ1n) is 4.94. The lowest BCUT2D eigenvalue weighted by molar-refractivity contribution is 0.410. The molecule has 16 heavy (non-hydrogen) atoms. The molecular formula is C11H13N3OS. The zero-order valence-electron chi connectivity index (χ0n) is 9.23. The molecule has 0 bridgehead atoms. The Morgan fingerprint density at radius 2 is 2.31 bits per heavy atom. The van der Waals surface area contributed by atoms with Crippen molar-refractivity contribution in [3.63, 3.8) is 0 Å².